The average Bonchev–Trinajstić information content (AvgIpc) is 2.37. The van der Waals surface area contributed by atoms with E-state index < -0.39 is 10.0 Å². The summed E-state index contributed by atoms with van der Waals surface area (Å²) in [6, 6.07) is 7.57. The molecule has 0 heterocycles. The first-order valence-corrected chi connectivity index (χ1v) is 8.43. The molecule has 0 aromatic heterocycles. The zero-order valence-corrected chi connectivity index (χ0v) is 13.2. The maximum atomic E-state index is 12.0. The summed E-state index contributed by atoms with van der Waals surface area (Å²) < 4.78 is 31.9. The second-order valence-electron chi connectivity index (χ2n) is 4.72. The van der Waals surface area contributed by atoms with Gasteiger partial charge in [0.15, 0.2) is 0 Å². The molecule has 0 bridgehead atoms. The topological polar surface area (TPSA) is 67.4 Å². The van der Waals surface area contributed by atoms with Gasteiger partial charge < -0.3 is 10.1 Å². The van der Waals surface area contributed by atoms with Crippen molar-refractivity contribution in [1.82, 2.24) is 10.0 Å². The summed E-state index contributed by atoms with van der Waals surface area (Å²) >= 11 is 0. The molecule has 0 saturated carbocycles. The van der Waals surface area contributed by atoms with Gasteiger partial charge in [-0.3, -0.25) is 0 Å². The predicted octanol–water partition coefficient (Wildman–Crippen LogP) is 1.25. The largest absolute Gasteiger partial charge is 0.377 e. The van der Waals surface area contributed by atoms with Crippen molar-refractivity contribution in [2.24, 2.45) is 0 Å². The van der Waals surface area contributed by atoms with Crippen LogP contribution in [0.2, 0.25) is 0 Å². The van der Waals surface area contributed by atoms with Crippen LogP contribution in [0.1, 0.15) is 25.0 Å². The number of hydrogen-bond donors (Lipinski definition) is 2. The molecule has 0 spiro atoms. The molecule has 2 N–H and O–H groups in total. The molecule has 0 fully saturated rings. The second-order valence-corrected chi connectivity index (χ2v) is 6.53. The van der Waals surface area contributed by atoms with Gasteiger partial charge >= 0.3 is 0 Å². The summed E-state index contributed by atoms with van der Waals surface area (Å²) in [5.74, 6) is -0.0105. The molecule has 0 aliphatic heterocycles. The van der Waals surface area contributed by atoms with Crippen LogP contribution in [-0.2, 0) is 27.1 Å². The average molecular weight is 300 g/mol. The number of sulfonamides is 1. The Labute approximate surface area is 121 Å². The van der Waals surface area contributed by atoms with Gasteiger partial charge in [-0.05, 0) is 32.0 Å². The number of ether oxygens (including phenoxy) is 1. The van der Waals surface area contributed by atoms with Crippen LogP contribution in [0, 0.1) is 0 Å². The molecule has 0 saturated heterocycles. The van der Waals surface area contributed by atoms with Crippen molar-refractivity contribution in [3.05, 3.63) is 35.4 Å². The van der Waals surface area contributed by atoms with Crippen LogP contribution >= 0.6 is 0 Å². The number of benzene rings is 1. The third-order valence-corrected chi connectivity index (χ3v) is 4.09. The van der Waals surface area contributed by atoms with E-state index in [9.17, 15) is 8.42 Å². The molecule has 6 heteroatoms. The Bertz CT molecular complexity index is 503. The third-order valence-electron chi connectivity index (χ3n) is 2.77. The Morgan fingerprint density at radius 1 is 1.30 bits per heavy atom. The standard InChI is InChI=1S/C14H24N2O3S/c1-4-19-12(2)9-16-20(17,18)11-14-7-5-6-13(8-14)10-15-3/h5-8,12,15-16H,4,9-11H2,1-3H3. The van der Waals surface area contributed by atoms with Crippen LogP contribution in [0.4, 0.5) is 0 Å². The molecule has 1 atom stereocenters. The van der Waals surface area contributed by atoms with Crippen molar-refractivity contribution in [1.29, 1.82) is 0 Å². The van der Waals surface area contributed by atoms with Crippen molar-refractivity contribution in [3.63, 3.8) is 0 Å². The summed E-state index contributed by atoms with van der Waals surface area (Å²) in [7, 11) is -1.47. The van der Waals surface area contributed by atoms with Crippen LogP contribution in [-0.4, -0.2) is 34.7 Å². The molecule has 0 aliphatic carbocycles. The number of hydrogen-bond acceptors (Lipinski definition) is 4. The first-order valence-electron chi connectivity index (χ1n) is 6.78. The zero-order chi connectivity index (χ0) is 15.0. The molecule has 0 radical (unpaired) electrons. The van der Waals surface area contributed by atoms with E-state index in [1.165, 1.54) is 0 Å². The van der Waals surface area contributed by atoms with Crippen LogP contribution in [0.3, 0.4) is 0 Å². The van der Waals surface area contributed by atoms with Gasteiger partial charge in [-0.2, -0.15) is 0 Å². The van der Waals surface area contributed by atoms with E-state index >= 15 is 0 Å². The molecule has 1 rings (SSSR count). The lowest BCUT2D eigenvalue weighted by Crippen LogP contribution is -2.33. The highest BCUT2D eigenvalue weighted by atomic mass is 32.2. The molecular weight excluding hydrogens is 276 g/mol. The monoisotopic (exact) mass is 300 g/mol. The smallest absolute Gasteiger partial charge is 0.215 e. The van der Waals surface area contributed by atoms with Crippen LogP contribution in [0.5, 0.6) is 0 Å². The maximum Gasteiger partial charge on any atom is 0.215 e. The van der Waals surface area contributed by atoms with Crippen molar-refractivity contribution in [2.75, 3.05) is 20.2 Å². The Morgan fingerprint density at radius 2 is 2.00 bits per heavy atom. The van der Waals surface area contributed by atoms with Crippen LogP contribution in [0.25, 0.3) is 0 Å². The molecule has 114 valence electrons. The Morgan fingerprint density at radius 3 is 2.65 bits per heavy atom. The van der Waals surface area contributed by atoms with E-state index in [2.05, 4.69) is 10.0 Å². The highest BCUT2D eigenvalue weighted by Crippen LogP contribution is 2.08. The van der Waals surface area contributed by atoms with E-state index in [-0.39, 0.29) is 11.9 Å². The van der Waals surface area contributed by atoms with Gasteiger partial charge in [-0.1, -0.05) is 24.3 Å². The maximum absolute atomic E-state index is 12.0. The van der Waals surface area contributed by atoms with Gasteiger partial charge in [0.25, 0.3) is 0 Å². The van der Waals surface area contributed by atoms with E-state index in [0.29, 0.717) is 13.2 Å². The summed E-state index contributed by atoms with van der Waals surface area (Å²) in [5.41, 5.74) is 1.86. The first-order chi connectivity index (χ1) is 9.46. The third kappa shape index (κ3) is 6.47. The van der Waals surface area contributed by atoms with Gasteiger partial charge in [-0.25, -0.2) is 13.1 Å². The van der Waals surface area contributed by atoms with Gasteiger partial charge in [-0.15, -0.1) is 0 Å². The molecule has 1 aromatic rings. The fourth-order valence-corrected chi connectivity index (χ4v) is 3.10. The Kier molecular flexibility index (Phi) is 7.15. The first kappa shape index (κ1) is 17.1. The van der Waals surface area contributed by atoms with Crippen LogP contribution in [0.15, 0.2) is 24.3 Å². The normalized spacial score (nSPS) is 13.3. The summed E-state index contributed by atoms with van der Waals surface area (Å²) in [6.45, 7) is 5.34. The highest BCUT2D eigenvalue weighted by molar-refractivity contribution is 7.88. The molecule has 1 unspecified atom stereocenters. The fraction of sp³-hybridized carbons (Fsp3) is 0.571. The lowest BCUT2D eigenvalue weighted by Gasteiger charge is -2.13. The number of rotatable bonds is 9. The Hall–Kier alpha value is -0.950. The highest BCUT2D eigenvalue weighted by Gasteiger charge is 2.13. The van der Waals surface area contributed by atoms with Crippen molar-refractivity contribution >= 4 is 10.0 Å². The minimum absolute atomic E-state index is 0.0105. The molecule has 20 heavy (non-hydrogen) atoms. The molecule has 0 amide bonds. The molecule has 1 aromatic carbocycles. The predicted molar refractivity (Wildman–Crippen MR) is 80.9 cm³/mol. The quantitative estimate of drug-likeness (QED) is 0.720. The second kappa shape index (κ2) is 8.36. The summed E-state index contributed by atoms with van der Waals surface area (Å²) in [6.07, 6.45) is -0.120. The minimum atomic E-state index is -3.33. The summed E-state index contributed by atoms with van der Waals surface area (Å²) in [5, 5.41) is 3.05. The fourth-order valence-electron chi connectivity index (χ4n) is 1.89. The Balaban J connectivity index is 2.59. The number of nitrogens with one attached hydrogen (secondary N) is 2. The molecule has 5 nitrogen and oxygen atoms in total. The van der Waals surface area contributed by atoms with Crippen molar-refractivity contribution in [3.8, 4) is 0 Å². The minimum Gasteiger partial charge on any atom is -0.377 e. The van der Waals surface area contributed by atoms with Crippen molar-refractivity contribution < 1.29 is 13.2 Å². The zero-order valence-electron chi connectivity index (χ0n) is 12.3. The van der Waals surface area contributed by atoms with E-state index in [1.54, 1.807) is 0 Å². The lowest BCUT2D eigenvalue weighted by molar-refractivity contribution is 0.0799. The van der Waals surface area contributed by atoms with Gasteiger partial charge in [0.2, 0.25) is 10.0 Å². The van der Waals surface area contributed by atoms with Gasteiger partial charge in [0.05, 0.1) is 11.9 Å². The van der Waals surface area contributed by atoms with Crippen LogP contribution < -0.4 is 10.0 Å². The lowest BCUT2D eigenvalue weighted by atomic mass is 10.1. The molecule has 0 aliphatic rings. The van der Waals surface area contributed by atoms with Crippen molar-refractivity contribution in [2.45, 2.75) is 32.2 Å². The SMILES string of the molecule is CCOC(C)CNS(=O)(=O)Cc1cccc(CNC)c1. The van der Waals surface area contributed by atoms with Gasteiger partial charge in [0, 0.05) is 19.7 Å². The van der Waals surface area contributed by atoms with E-state index in [1.807, 2.05) is 45.2 Å². The van der Waals surface area contributed by atoms with Gasteiger partial charge in [0.1, 0.15) is 0 Å². The summed E-state index contributed by atoms with van der Waals surface area (Å²) in [4.78, 5) is 0. The van der Waals surface area contributed by atoms with E-state index in [0.717, 1.165) is 17.7 Å². The molecular formula is C14H24N2O3S. The van der Waals surface area contributed by atoms with E-state index in [4.69, 9.17) is 4.74 Å².